The highest BCUT2D eigenvalue weighted by Gasteiger charge is 2.35. The van der Waals surface area contributed by atoms with Gasteiger partial charge in [0.05, 0.1) is 11.8 Å². The van der Waals surface area contributed by atoms with Crippen LogP contribution in [0.5, 0.6) is 0 Å². The Labute approximate surface area is 79.6 Å². The van der Waals surface area contributed by atoms with Crippen LogP contribution >= 0.6 is 11.8 Å². The predicted octanol–water partition coefficient (Wildman–Crippen LogP) is 0.428. The van der Waals surface area contributed by atoms with Crippen LogP contribution in [-0.4, -0.2) is 33.1 Å². The van der Waals surface area contributed by atoms with Crippen LogP contribution in [0.25, 0.3) is 0 Å². The van der Waals surface area contributed by atoms with E-state index in [0.29, 0.717) is 5.37 Å². The zero-order chi connectivity index (χ0) is 9.84. The molecule has 3 N–H and O–H groups in total. The van der Waals surface area contributed by atoms with Gasteiger partial charge < -0.3 is 15.7 Å². The van der Waals surface area contributed by atoms with Crippen molar-refractivity contribution in [3.8, 4) is 0 Å². The van der Waals surface area contributed by atoms with E-state index in [0.717, 1.165) is 12.2 Å². The van der Waals surface area contributed by atoms with Crippen LogP contribution < -0.4 is 5.73 Å². The van der Waals surface area contributed by atoms with E-state index in [1.807, 2.05) is 24.0 Å². The smallest absolute Gasteiger partial charge is 0.402 e. The van der Waals surface area contributed by atoms with Crippen molar-refractivity contribution >= 4 is 23.8 Å². The molecule has 2 aliphatic rings. The summed E-state index contributed by atoms with van der Waals surface area (Å²) >= 11 is 1.84. The molecule has 0 aliphatic carbocycles. The number of thioether (sulfide) groups is 1. The van der Waals surface area contributed by atoms with E-state index < -0.39 is 6.09 Å². The molecule has 2 amide bonds. The standard InChI is InChI=1S/C6H7NOS.CH3NO2/c8-5-4-6-7(5)2-1-3-9-6;2-1(3)4/h1-2,6H,3-4H2;2H2,(H,3,4)/t6-;/m0./s1. The van der Waals surface area contributed by atoms with Gasteiger partial charge in [0.25, 0.3) is 0 Å². The summed E-state index contributed by atoms with van der Waals surface area (Å²) in [6.07, 6.45) is 3.33. The first kappa shape index (κ1) is 9.91. The zero-order valence-corrected chi connectivity index (χ0v) is 7.66. The summed E-state index contributed by atoms with van der Waals surface area (Å²) in [5, 5.41) is 7.67. The fourth-order valence-electron chi connectivity index (χ4n) is 1.04. The van der Waals surface area contributed by atoms with E-state index in [2.05, 4.69) is 5.73 Å². The molecule has 0 spiro atoms. The Balaban J connectivity index is 0.000000184. The maximum Gasteiger partial charge on any atom is 0.402 e. The van der Waals surface area contributed by atoms with Gasteiger partial charge in [0, 0.05) is 12.0 Å². The summed E-state index contributed by atoms with van der Waals surface area (Å²) in [5.41, 5.74) is 4.03. The summed E-state index contributed by atoms with van der Waals surface area (Å²) in [6, 6.07) is 0. The highest BCUT2D eigenvalue weighted by atomic mass is 32.2. The van der Waals surface area contributed by atoms with E-state index in [9.17, 15) is 4.79 Å². The molecule has 1 fully saturated rings. The van der Waals surface area contributed by atoms with Crippen molar-refractivity contribution in [2.45, 2.75) is 11.8 Å². The van der Waals surface area contributed by atoms with Gasteiger partial charge in [-0.05, 0) is 0 Å². The molecule has 0 aromatic carbocycles. The van der Waals surface area contributed by atoms with Gasteiger partial charge in [-0.3, -0.25) is 4.79 Å². The fourth-order valence-corrected chi connectivity index (χ4v) is 2.07. The first-order chi connectivity index (χ1) is 6.11. The molecule has 2 rings (SSSR count). The Kier molecular flexibility index (Phi) is 3.18. The normalized spacial score (nSPS) is 23.8. The lowest BCUT2D eigenvalue weighted by Gasteiger charge is -2.39. The maximum atomic E-state index is 10.7. The summed E-state index contributed by atoms with van der Waals surface area (Å²) in [4.78, 5) is 21.3. The number of carbonyl (C=O) groups excluding carboxylic acids is 1. The summed E-state index contributed by atoms with van der Waals surface area (Å²) < 4.78 is 0. The Morgan fingerprint density at radius 1 is 1.77 bits per heavy atom. The number of β-lactam (4-membered cyclic amide) rings is 1. The lowest BCUT2D eigenvalue weighted by atomic mass is 10.2. The highest BCUT2D eigenvalue weighted by Crippen LogP contribution is 2.32. The number of nitrogens with zero attached hydrogens (tertiary/aromatic N) is 1. The second kappa shape index (κ2) is 4.18. The molecular weight excluding hydrogens is 192 g/mol. The number of rotatable bonds is 0. The number of amides is 2. The summed E-state index contributed by atoms with van der Waals surface area (Å²) in [6.45, 7) is 0. The van der Waals surface area contributed by atoms with Crippen LogP contribution in [0.1, 0.15) is 6.42 Å². The first-order valence-corrected chi connectivity index (χ1v) is 4.74. The lowest BCUT2D eigenvalue weighted by molar-refractivity contribution is -0.137. The van der Waals surface area contributed by atoms with E-state index >= 15 is 0 Å². The van der Waals surface area contributed by atoms with Crippen LogP contribution in [0.4, 0.5) is 4.79 Å². The number of hydrogen-bond acceptors (Lipinski definition) is 3. The molecule has 2 aliphatic heterocycles. The van der Waals surface area contributed by atoms with Gasteiger partial charge in [0.2, 0.25) is 5.91 Å². The van der Waals surface area contributed by atoms with E-state index in [-0.39, 0.29) is 5.91 Å². The number of fused-ring (bicyclic) bond motifs is 1. The summed E-state index contributed by atoms with van der Waals surface area (Å²) in [7, 11) is 0. The fraction of sp³-hybridized carbons (Fsp3) is 0.429. The molecule has 0 aromatic heterocycles. The lowest BCUT2D eigenvalue weighted by Crippen LogP contribution is -2.48. The number of carboxylic acid groups (broad SMARTS) is 1. The van der Waals surface area contributed by atoms with Gasteiger partial charge in [0.15, 0.2) is 0 Å². The third kappa shape index (κ3) is 2.66. The van der Waals surface area contributed by atoms with Crippen LogP contribution in [0.3, 0.4) is 0 Å². The highest BCUT2D eigenvalue weighted by molar-refractivity contribution is 8.00. The van der Waals surface area contributed by atoms with Crippen LogP contribution in [0.2, 0.25) is 0 Å². The Bertz CT molecular complexity index is 250. The van der Waals surface area contributed by atoms with Crippen molar-refractivity contribution in [2.24, 2.45) is 5.73 Å². The molecule has 0 radical (unpaired) electrons. The number of carbonyl (C=O) groups is 2. The topological polar surface area (TPSA) is 83.6 Å². The number of nitrogens with two attached hydrogens (primary N) is 1. The first-order valence-electron chi connectivity index (χ1n) is 3.69. The molecular formula is C7H10N2O3S. The van der Waals surface area contributed by atoms with Crippen LogP contribution in [0.15, 0.2) is 12.3 Å². The molecule has 0 bridgehead atoms. The minimum absolute atomic E-state index is 0.267. The quantitative estimate of drug-likeness (QED) is 0.558. The minimum Gasteiger partial charge on any atom is -0.465 e. The second-order valence-corrected chi connectivity index (χ2v) is 3.73. The van der Waals surface area contributed by atoms with E-state index in [4.69, 9.17) is 9.90 Å². The molecule has 6 heteroatoms. The minimum atomic E-state index is -1.33. The average Bonchev–Trinajstić information content (AvgIpc) is 2.02. The van der Waals surface area contributed by atoms with Crippen molar-refractivity contribution in [2.75, 3.05) is 5.75 Å². The summed E-state index contributed by atoms with van der Waals surface area (Å²) in [5.74, 6) is 1.33. The SMILES string of the molecule is NC(=O)O.O=C1C[C@@H]2SCC=CN12. The van der Waals surface area contributed by atoms with Crippen molar-refractivity contribution in [3.63, 3.8) is 0 Å². The van der Waals surface area contributed by atoms with Gasteiger partial charge in [-0.15, -0.1) is 11.8 Å². The molecule has 1 saturated heterocycles. The van der Waals surface area contributed by atoms with Crippen LogP contribution in [-0.2, 0) is 4.79 Å². The molecule has 72 valence electrons. The van der Waals surface area contributed by atoms with Gasteiger partial charge in [-0.25, -0.2) is 4.79 Å². The Morgan fingerprint density at radius 2 is 2.38 bits per heavy atom. The van der Waals surface area contributed by atoms with Gasteiger partial charge in [0.1, 0.15) is 0 Å². The third-order valence-corrected chi connectivity index (χ3v) is 2.76. The van der Waals surface area contributed by atoms with E-state index in [1.54, 1.807) is 4.90 Å². The molecule has 5 nitrogen and oxygen atoms in total. The maximum absolute atomic E-state index is 10.7. The average molecular weight is 202 g/mol. The molecule has 1 atom stereocenters. The van der Waals surface area contributed by atoms with Gasteiger partial charge >= 0.3 is 6.09 Å². The molecule has 0 saturated carbocycles. The predicted molar refractivity (Wildman–Crippen MR) is 49.1 cm³/mol. The van der Waals surface area contributed by atoms with Crippen molar-refractivity contribution in [1.82, 2.24) is 4.90 Å². The van der Waals surface area contributed by atoms with Gasteiger partial charge in [-0.1, -0.05) is 6.08 Å². The van der Waals surface area contributed by atoms with E-state index in [1.165, 1.54) is 0 Å². The van der Waals surface area contributed by atoms with Crippen molar-refractivity contribution in [3.05, 3.63) is 12.3 Å². The number of hydrogen-bond donors (Lipinski definition) is 2. The Morgan fingerprint density at radius 3 is 2.77 bits per heavy atom. The number of primary amides is 1. The van der Waals surface area contributed by atoms with Gasteiger partial charge in [-0.2, -0.15) is 0 Å². The monoisotopic (exact) mass is 202 g/mol. The largest absolute Gasteiger partial charge is 0.465 e. The Hall–Kier alpha value is -1.17. The molecule has 0 aromatic rings. The molecule has 0 unspecified atom stereocenters. The third-order valence-electron chi connectivity index (χ3n) is 1.60. The molecule has 2 heterocycles. The van der Waals surface area contributed by atoms with Crippen molar-refractivity contribution < 1.29 is 14.7 Å². The van der Waals surface area contributed by atoms with Crippen molar-refractivity contribution in [1.29, 1.82) is 0 Å². The van der Waals surface area contributed by atoms with Crippen LogP contribution in [0, 0.1) is 0 Å². The second-order valence-electron chi connectivity index (χ2n) is 2.52. The molecule has 13 heavy (non-hydrogen) atoms. The zero-order valence-electron chi connectivity index (χ0n) is 6.84.